The van der Waals surface area contributed by atoms with E-state index < -0.39 is 12.3 Å². The van der Waals surface area contributed by atoms with Crippen LogP contribution in [0.25, 0.3) is 33.4 Å². The van der Waals surface area contributed by atoms with Crippen molar-refractivity contribution in [3.05, 3.63) is 70.8 Å². The number of aromatic nitrogens is 4. The Morgan fingerprint density at radius 3 is 2.38 bits per heavy atom. The van der Waals surface area contributed by atoms with Crippen molar-refractivity contribution in [1.29, 1.82) is 0 Å². The summed E-state index contributed by atoms with van der Waals surface area (Å²) in [5.74, 6) is 0.180. The molecule has 0 radical (unpaired) electrons. The van der Waals surface area contributed by atoms with Crippen molar-refractivity contribution < 1.29 is 10.2 Å². The number of fused-ring (bicyclic) bond motifs is 1. The predicted molar refractivity (Wildman–Crippen MR) is 156 cm³/mol. The topological polar surface area (TPSA) is 128 Å². The first-order chi connectivity index (χ1) is 19.6. The van der Waals surface area contributed by atoms with Crippen molar-refractivity contribution in [2.45, 2.75) is 50.9 Å². The maximum atomic E-state index is 13.3. The van der Waals surface area contributed by atoms with Gasteiger partial charge in [-0.3, -0.25) is 9.78 Å². The number of H-pyrrole nitrogens is 1. The SMILES string of the molecule is O=c1[nH]nc(-c2ccncc2)cc1-c1cc2c(C(O)C3CCCNCC3)cccc2n1C(O)C1CCCNCC1. The van der Waals surface area contributed by atoms with E-state index in [0.29, 0.717) is 17.0 Å². The fraction of sp³-hybridized carbons (Fsp3) is 0.452. The van der Waals surface area contributed by atoms with Crippen LogP contribution in [0, 0.1) is 11.8 Å². The summed E-state index contributed by atoms with van der Waals surface area (Å²) in [4.78, 5) is 17.4. The van der Waals surface area contributed by atoms with Crippen molar-refractivity contribution in [2.24, 2.45) is 11.8 Å². The van der Waals surface area contributed by atoms with E-state index in [4.69, 9.17) is 0 Å². The standard InChI is InChI=1S/C31H38N6O3/c38-29(21-4-2-12-32-16-10-21)23-6-1-7-27-24(23)19-28(37(27)31(40)22-5-3-13-33-17-11-22)25-18-26(35-36-30(25)39)20-8-14-34-15-9-20/h1,6-9,14-15,18-19,21-22,29,31-33,38,40H,2-5,10-13,16-17H2,(H,36,39). The first kappa shape index (κ1) is 26.8. The van der Waals surface area contributed by atoms with Crippen LogP contribution in [0.15, 0.2) is 59.7 Å². The van der Waals surface area contributed by atoms with Gasteiger partial charge in [-0.1, -0.05) is 12.1 Å². The minimum Gasteiger partial charge on any atom is -0.388 e. The Labute approximate surface area is 233 Å². The molecule has 4 aromatic rings. The zero-order valence-corrected chi connectivity index (χ0v) is 22.7. The van der Waals surface area contributed by atoms with Gasteiger partial charge in [0.2, 0.25) is 0 Å². The van der Waals surface area contributed by atoms with Crippen molar-refractivity contribution in [3.8, 4) is 22.5 Å². The summed E-state index contributed by atoms with van der Waals surface area (Å²) in [6, 6.07) is 13.4. The van der Waals surface area contributed by atoms with Crippen molar-refractivity contribution in [2.75, 3.05) is 26.2 Å². The first-order valence-corrected chi connectivity index (χ1v) is 14.5. The first-order valence-electron chi connectivity index (χ1n) is 14.5. The Kier molecular flexibility index (Phi) is 8.06. The molecular weight excluding hydrogens is 504 g/mol. The van der Waals surface area contributed by atoms with Crippen LogP contribution < -0.4 is 16.2 Å². The van der Waals surface area contributed by atoms with E-state index in [2.05, 4.69) is 25.8 Å². The average molecular weight is 543 g/mol. The highest BCUT2D eigenvalue weighted by molar-refractivity contribution is 5.90. The van der Waals surface area contributed by atoms with E-state index in [1.165, 1.54) is 0 Å². The lowest BCUT2D eigenvalue weighted by Gasteiger charge is -2.26. The van der Waals surface area contributed by atoms with Gasteiger partial charge in [0.05, 0.1) is 28.6 Å². The Morgan fingerprint density at radius 2 is 1.60 bits per heavy atom. The molecule has 0 spiro atoms. The lowest BCUT2D eigenvalue weighted by molar-refractivity contribution is 0.0405. The number of pyridine rings is 1. The Hall–Kier alpha value is -3.37. The van der Waals surface area contributed by atoms with Crippen LogP contribution in [0.4, 0.5) is 0 Å². The number of rotatable bonds is 6. The molecule has 40 heavy (non-hydrogen) atoms. The molecule has 0 aliphatic carbocycles. The molecule has 4 unspecified atom stereocenters. The third kappa shape index (κ3) is 5.34. The lowest BCUT2D eigenvalue weighted by Crippen LogP contribution is -2.23. The highest BCUT2D eigenvalue weighted by Gasteiger charge is 2.30. The Bertz CT molecular complexity index is 1480. The molecule has 2 aliphatic heterocycles. The molecule has 2 aliphatic rings. The van der Waals surface area contributed by atoms with Gasteiger partial charge in [-0.25, -0.2) is 5.10 Å². The number of aliphatic hydroxyl groups excluding tert-OH is 2. The van der Waals surface area contributed by atoms with Gasteiger partial charge < -0.3 is 25.4 Å². The fourth-order valence-electron chi connectivity index (χ4n) is 6.46. The van der Waals surface area contributed by atoms with Gasteiger partial charge in [0.15, 0.2) is 0 Å². The van der Waals surface area contributed by atoms with Gasteiger partial charge in [0.1, 0.15) is 6.23 Å². The van der Waals surface area contributed by atoms with Gasteiger partial charge in [0, 0.05) is 29.3 Å². The molecule has 0 amide bonds. The molecule has 6 rings (SSSR count). The normalized spacial score (nSPS) is 21.9. The number of hydrogen-bond donors (Lipinski definition) is 5. The molecule has 9 nitrogen and oxygen atoms in total. The largest absolute Gasteiger partial charge is 0.388 e. The molecule has 2 saturated heterocycles. The summed E-state index contributed by atoms with van der Waals surface area (Å²) in [5, 5.41) is 38.2. The third-order valence-electron chi connectivity index (χ3n) is 8.66. The molecule has 210 valence electrons. The van der Waals surface area contributed by atoms with Crippen molar-refractivity contribution >= 4 is 10.9 Å². The minimum atomic E-state index is -0.821. The third-order valence-corrected chi connectivity index (χ3v) is 8.66. The van der Waals surface area contributed by atoms with Crippen LogP contribution >= 0.6 is 0 Å². The molecule has 3 aromatic heterocycles. The smallest absolute Gasteiger partial charge is 0.273 e. The molecule has 0 saturated carbocycles. The summed E-state index contributed by atoms with van der Waals surface area (Å²) in [7, 11) is 0. The monoisotopic (exact) mass is 542 g/mol. The second-order valence-electron chi connectivity index (χ2n) is 11.2. The van der Waals surface area contributed by atoms with E-state index in [1.54, 1.807) is 18.5 Å². The van der Waals surface area contributed by atoms with Crippen LogP contribution in [0.3, 0.4) is 0 Å². The summed E-state index contributed by atoms with van der Waals surface area (Å²) in [6.07, 6.45) is 7.54. The zero-order chi connectivity index (χ0) is 27.5. The second-order valence-corrected chi connectivity index (χ2v) is 11.2. The molecule has 9 heteroatoms. The van der Waals surface area contributed by atoms with Crippen molar-refractivity contribution in [3.63, 3.8) is 0 Å². The van der Waals surface area contributed by atoms with E-state index in [0.717, 1.165) is 86.7 Å². The van der Waals surface area contributed by atoms with Gasteiger partial charge in [-0.05, 0) is 107 Å². The fourth-order valence-corrected chi connectivity index (χ4v) is 6.46. The second kappa shape index (κ2) is 12.0. The molecule has 0 bridgehead atoms. The van der Waals surface area contributed by atoms with Crippen LogP contribution in [-0.2, 0) is 0 Å². The Morgan fingerprint density at radius 1 is 0.875 bits per heavy atom. The summed E-state index contributed by atoms with van der Waals surface area (Å²) < 4.78 is 1.91. The van der Waals surface area contributed by atoms with E-state index >= 15 is 0 Å². The maximum absolute atomic E-state index is 13.3. The highest BCUT2D eigenvalue weighted by atomic mass is 16.3. The van der Waals surface area contributed by atoms with Crippen molar-refractivity contribution in [1.82, 2.24) is 30.4 Å². The number of aromatic amines is 1. The number of nitrogens with one attached hydrogen (secondary N) is 3. The number of nitrogens with zero attached hydrogens (tertiary/aromatic N) is 3. The van der Waals surface area contributed by atoms with Crippen LogP contribution in [0.2, 0.25) is 0 Å². The molecule has 5 N–H and O–H groups in total. The van der Waals surface area contributed by atoms with Gasteiger partial charge >= 0.3 is 0 Å². The molecule has 4 atom stereocenters. The number of benzene rings is 1. The summed E-state index contributed by atoms with van der Waals surface area (Å²) in [6.45, 7) is 3.65. The van der Waals surface area contributed by atoms with Gasteiger partial charge in [-0.2, -0.15) is 5.10 Å². The maximum Gasteiger partial charge on any atom is 0.273 e. The lowest BCUT2D eigenvalue weighted by atomic mass is 9.88. The Balaban J connectivity index is 1.52. The summed E-state index contributed by atoms with van der Waals surface area (Å²) in [5.41, 5.74) is 3.86. The molecular formula is C31H38N6O3. The predicted octanol–water partition coefficient (Wildman–Crippen LogP) is 3.76. The quantitative estimate of drug-likeness (QED) is 0.251. The molecule has 2 fully saturated rings. The van der Waals surface area contributed by atoms with Crippen LogP contribution in [-0.4, -0.2) is 56.1 Å². The van der Waals surface area contributed by atoms with Crippen LogP contribution in [0.5, 0.6) is 0 Å². The summed E-state index contributed by atoms with van der Waals surface area (Å²) >= 11 is 0. The van der Waals surface area contributed by atoms with Crippen LogP contribution in [0.1, 0.15) is 56.4 Å². The minimum absolute atomic E-state index is 0.0337. The number of aliphatic hydroxyl groups is 2. The van der Waals surface area contributed by atoms with E-state index in [-0.39, 0.29) is 17.4 Å². The number of hydrogen-bond acceptors (Lipinski definition) is 7. The highest BCUT2D eigenvalue weighted by Crippen LogP contribution is 2.40. The molecule has 1 aromatic carbocycles. The van der Waals surface area contributed by atoms with Gasteiger partial charge in [0.25, 0.3) is 5.56 Å². The zero-order valence-electron chi connectivity index (χ0n) is 22.7. The molecule has 5 heterocycles. The van der Waals surface area contributed by atoms with Gasteiger partial charge in [-0.15, -0.1) is 0 Å². The average Bonchev–Trinajstić information content (AvgIpc) is 3.19. The van der Waals surface area contributed by atoms with E-state index in [9.17, 15) is 15.0 Å². The van der Waals surface area contributed by atoms with E-state index in [1.807, 2.05) is 41.0 Å².